The summed E-state index contributed by atoms with van der Waals surface area (Å²) in [5.74, 6) is 1.28. The minimum Gasteiger partial charge on any atom is -0.488 e. The number of halogens is 2. The van der Waals surface area contributed by atoms with E-state index in [2.05, 4.69) is 9.88 Å². The smallest absolute Gasteiger partial charge is 0.146 e. The van der Waals surface area contributed by atoms with Crippen LogP contribution in [0.5, 0.6) is 5.75 Å². The van der Waals surface area contributed by atoms with Crippen molar-refractivity contribution in [3.63, 3.8) is 0 Å². The predicted molar refractivity (Wildman–Crippen MR) is 97.6 cm³/mol. The average Bonchev–Trinajstić information content (AvgIpc) is 2.98. The van der Waals surface area contributed by atoms with Crippen molar-refractivity contribution in [2.75, 3.05) is 13.1 Å². The van der Waals surface area contributed by atoms with Crippen LogP contribution in [-0.4, -0.2) is 40.3 Å². The number of ether oxygens (including phenoxy) is 1. The van der Waals surface area contributed by atoms with Gasteiger partial charge in [0.2, 0.25) is 0 Å². The molecule has 0 amide bonds. The fourth-order valence-electron chi connectivity index (χ4n) is 4.20. The van der Waals surface area contributed by atoms with E-state index in [4.69, 9.17) is 16.3 Å². The van der Waals surface area contributed by atoms with E-state index >= 15 is 0 Å². The summed E-state index contributed by atoms with van der Waals surface area (Å²) in [6.45, 7) is 2.25. The van der Waals surface area contributed by atoms with Crippen LogP contribution in [-0.2, 0) is 6.54 Å². The first-order valence-electron chi connectivity index (χ1n) is 9.00. The summed E-state index contributed by atoms with van der Waals surface area (Å²) in [6, 6.07) is 10.3. The molecule has 4 rings (SSSR count). The van der Waals surface area contributed by atoms with E-state index in [1.165, 1.54) is 6.07 Å². The molecule has 1 saturated carbocycles. The Morgan fingerprint density at radius 2 is 2.00 bits per heavy atom. The van der Waals surface area contributed by atoms with Gasteiger partial charge in [0.1, 0.15) is 17.7 Å². The van der Waals surface area contributed by atoms with Crippen LogP contribution in [0, 0.1) is 17.7 Å². The molecule has 1 saturated heterocycles. The summed E-state index contributed by atoms with van der Waals surface area (Å²) in [5, 5.41) is 11.1. The van der Waals surface area contributed by atoms with Gasteiger partial charge in [-0.05, 0) is 55.0 Å². The van der Waals surface area contributed by atoms with E-state index in [0.29, 0.717) is 41.3 Å². The van der Waals surface area contributed by atoms with Crippen molar-refractivity contribution >= 4 is 11.6 Å². The highest BCUT2D eigenvalue weighted by Crippen LogP contribution is 2.38. The van der Waals surface area contributed by atoms with E-state index in [1.54, 1.807) is 24.4 Å². The molecule has 0 unspecified atom stereocenters. The second-order valence-corrected chi connectivity index (χ2v) is 7.74. The molecular formula is C20H22ClFN2O2. The van der Waals surface area contributed by atoms with Crippen LogP contribution >= 0.6 is 11.6 Å². The van der Waals surface area contributed by atoms with E-state index in [1.807, 2.05) is 12.1 Å². The molecule has 1 aliphatic heterocycles. The minimum atomic E-state index is -0.498. The summed E-state index contributed by atoms with van der Waals surface area (Å²) < 4.78 is 19.9. The molecule has 0 spiro atoms. The number of pyridine rings is 1. The zero-order valence-electron chi connectivity index (χ0n) is 14.4. The van der Waals surface area contributed by atoms with E-state index in [-0.39, 0.29) is 11.9 Å². The van der Waals surface area contributed by atoms with Gasteiger partial charge in [-0.1, -0.05) is 17.7 Å². The Kier molecular flexibility index (Phi) is 5.11. The van der Waals surface area contributed by atoms with Crippen LogP contribution in [0.2, 0.25) is 5.02 Å². The highest BCUT2D eigenvalue weighted by Gasteiger charge is 2.42. The molecule has 138 valence electrons. The summed E-state index contributed by atoms with van der Waals surface area (Å²) in [4.78, 5) is 6.38. The fourth-order valence-corrected chi connectivity index (χ4v) is 4.39. The van der Waals surface area contributed by atoms with Crippen LogP contribution < -0.4 is 4.74 Å². The molecule has 26 heavy (non-hydrogen) atoms. The van der Waals surface area contributed by atoms with Gasteiger partial charge in [0.25, 0.3) is 0 Å². The van der Waals surface area contributed by atoms with Crippen LogP contribution in [0.1, 0.15) is 18.5 Å². The predicted octanol–water partition coefficient (Wildman–Crippen LogP) is 3.52. The Hall–Kier alpha value is -1.69. The molecule has 4 nitrogen and oxygen atoms in total. The number of hydrogen-bond donors (Lipinski definition) is 1. The van der Waals surface area contributed by atoms with Gasteiger partial charge in [0.15, 0.2) is 0 Å². The van der Waals surface area contributed by atoms with Gasteiger partial charge in [-0.15, -0.1) is 0 Å². The Morgan fingerprint density at radius 1 is 1.19 bits per heavy atom. The SMILES string of the molecule is O[C@@H]1C[C@H]2CN(Cc3ncccc3F)C[C@H]2C[C@H]1Oc1cccc(Cl)c1. The lowest BCUT2D eigenvalue weighted by molar-refractivity contribution is -0.0231. The van der Waals surface area contributed by atoms with Gasteiger partial charge < -0.3 is 9.84 Å². The number of hydrogen-bond acceptors (Lipinski definition) is 4. The monoisotopic (exact) mass is 376 g/mol. The van der Waals surface area contributed by atoms with Crippen LogP contribution in [0.15, 0.2) is 42.6 Å². The molecule has 0 bridgehead atoms. The van der Waals surface area contributed by atoms with Crippen molar-refractivity contribution in [2.45, 2.75) is 31.6 Å². The summed E-state index contributed by atoms with van der Waals surface area (Å²) in [6.07, 6.45) is 2.39. The van der Waals surface area contributed by atoms with Gasteiger partial charge in [0, 0.05) is 30.9 Å². The Bertz CT molecular complexity index is 775. The first-order chi connectivity index (χ1) is 12.6. The standard InChI is InChI=1S/C20H22ClFN2O2/c21-15-3-1-4-16(9-15)26-20-8-14-11-24(10-13(14)7-19(20)25)12-18-17(22)5-2-6-23-18/h1-6,9,13-14,19-20,25H,7-8,10-12H2/t13-,14+,19+,20+/m0/s1. The third kappa shape index (κ3) is 3.85. The molecule has 2 heterocycles. The molecule has 1 aliphatic carbocycles. The van der Waals surface area contributed by atoms with E-state index in [0.717, 1.165) is 19.5 Å². The van der Waals surface area contributed by atoms with Gasteiger partial charge in [-0.3, -0.25) is 9.88 Å². The lowest BCUT2D eigenvalue weighted by Gasteiger charge is -2.35. The fraction of sp³-hybridized carbons (Fsp3) is 0.450. The van der Waals surface area contributed by atoms with E-state index in [9.17, 15) is 9.50 Å². The Morgan fingerprint density at radius 3 is 2.77 bits per heavy atom. The highest BCUT2D eigenvalue weighted by atomic mass is 35.5. The van der Waals surface area contributed by atoms with Crippen molar-refractivity contribution in [1.29, 1.82) is 0 Å². The number of rotatable bonds is 4. The van der Waals surface area contributed by atoms with Crippen molar-refractivity contribution in [1.82, 2.24) is 9.88 Å². The largest absolute Gasteiger partial charge is 0.488 e. The normalized spacial score (nSPS) is 28.7. The maximum absolute atomic E-state index is 13.9. The molecule has 2 fully saturated rings. The molecule has 6 heteroatoms. The number of benzene rings is 1. The summed E-state index contributed by atoms with van der Waals surface area (Å²) in [7, 11) is 0. The second kappa shape index (κ2) is 7.51. The maximum atomic E-state index is 13.9. The third-order valence-electron chi connectivity index (χ3n) is 5.45. The van der Waals surface area contributed by atoms with Gasteiger partial charge in [0.05, 0.1) is 11.8 Å². The van der Waals surface area contributed by atoms with Crippen molar-refractivity contribution in [3.05, 3.63) is 59.1 Å². The lowest BCUT2D eigenvalue weighted by atomic mass is 9.78. The Labute approximate surface area is 157 Å². The number of nitrogens with zero attached hydrogens (tertiary/aromatic N) is 2. The van der Waals surface area contributed by atoms with Crippen LogP contribution in [0.25, 0.3) is 0 Å². The number of aromatic nitrogens is 1. The second-order valence-electron chi connectivity index (χ2n) is 7.30. The summed E-state index contributed by atoms with van der Waals surface area (Å²) in [5.41, 5.74) is 0.485. The number of fused-ring (bicyclic) bond motifs is 1. The first kappa shape index (κ1) is 17.7. The number of aliphatic hydroxyl groups excluding tert-OH is 1. The number of likely N-dealkylation sites (tertiary alicyclic amines) is 1. The zero-order chi connectivity index (χ0) is 18.1. The quantitative estimate of drug-likeness (QED) is 0.886. The first-order valence-corrected chi connectivity index (χ1v) is 9.38. The van der Waals surface area contributed by atoms with Crippen molar-refractivity contribution in [2.24, 2.45) is 11.8 Å². The van der Waals surface area contributed by atoms with Crippen molar-refractivity contribution < 1.29 is 14.2 Å². The number of aliphatic hydroxyl groups is 1. The minimum absolute atomic E-state index is 0.235. The molecule has 0 radical (unpaired) electrons. The van der Waals surface area contributed by atoms with Crippen molar-refractivity contribution in [3.8, 4) is 5.75 Å². The summed E-state index contributed by atoms with van der Waals surface area (Å²) >= 11 is 6.01. The average molecular weight is 377 g/mol. The molecule has 2 aromatic rings. The Balaban J connectivity index is 1.39. The molecular weight excluding hydrogens is 355 g/mol. The zero-order valence-corrected chi connectivity index (χ0v) is 15.1. The van der Waals surface area contributed by atoms with Crippen LogP contribution in [0.3, 0.4) is 0 Å². The molecule has 1 N–H and O–H groups in total. The van der Waals surface area contributed by atoms with Crippen LogP contribution in [0.4, 0.5) is 4.39 Å². The van der Waals surface area contributed by atoms with Gasteiger partial charge >= 0.3 is 0 Å². The molecule has 1 aromatic heterocycles. The van der Waals surface area contributed by atoms with Gasteiger partial charge in [-0.25, -0.2) is 4.39 Å². The lowest BCUT2D eigenvalue weighted by Crippen LogP contribution is -2.42. The third-order valence-corrected chi connectivity index (χ3v) is 5.69. The molecule has 4 atom stereocenters. The topological polar surface area (TPSA) is 45.6 Å². The maximum Gasteiger partial charge on any atom is 0.146 e. The van der Waals surface area contributed by atoms with Gasteiger partial charge in [-0.2, -0.15) is 0 Å². The molecule has 2 aliphatic rings. The highest BCUT2D eigenvalue weighted by molar-refractivity contribution is 6.30. The van der Waals surface area contributed by atoms with E-state index < -0.39 is 6.10 Å². The molecule has 1 aromatic carbocycles.